The lowest BCUT2D eigenvalue weighted by Crippen LogP contribution is -2.37. The van der Waals surface area contributed by atoms with E-state index in [9.17, 15) is 4.79 Å². The average Bonchev–Trinajstić information content (AvgIpc) is 2.45. The first-order valence-corrected chi connectivity index (χ1v) is 7.76. The molecule has 2 unspecified atom stereocenters. The fourth-order valence-corrected chi connectivity index (χ4v) is 3.06. The Balaban J connectivity index is 2.41. The van der Waals surface area contributed by atoms with Crippen molar-refractivity contribution in [2.45, 2.75) is 45.1 Å². The Kier molecular flexibility index (Phi) is 6.44. The molecule has 0 bridgehead atoms. The lowest BCUT2D eigenvalue weighted by Gasteiger charge is -2.27. The second-order valence-electron chi connectivity index (χ2n) is 5.01. The van der Waals surface area contributed by atoms with Crippen molar-refractivity contribution in [3.05, 3.63) is 0 Å². The van der Waals surface area contributed by atoms with Crippen LogP contribution in [0.25, 0.3) is 0 Å². The summed E-state index contributed by atoms with van der Waals surface area (Å²) in [5.41, 5.74) is 0. The van der Waals surface area contributed by atoms with Gasteiger partial charge < -0.3 is 4.90 Å². The molecular formula is C13H25NOS. The molecule has 2 atom stereocenters. The summed E-state index contributed by atoms with van der Waals surface area (Å²) < 4.78 is 0. The third-order valence-electron chi connectivity index (χ3n) is 3.60. The Bertz CT molecular complexity index is 220. The van der Waals surface area contributed by atoms with Gasteiger partial charge in [-0.2, -0.15) is 11.8 Å². The highest BCUT2D eigenvalue weighted by Gasteiger charge is 2.23. The summed E-state index contributed by atoms with van der Waals surface area (Å²) in [6.45, 7) is 3.21. The van der Waals surface area contributed by atoms with Crippen LogP contribution in [-0.2, 0) is 4.79 Å². The van der Waals surface area contributed by atoms with Crippen molar-refractivity contribution in [2.75, 3.05) is 25.6 Å². The Hall–Kier alpha value is -0.0200. The predicted molar refractivity (Wildman–Crippen MR) is 72.1 cm³/mol. The van der Waals surface area contributed by atoms with E-state index in [1.165, 1.54) is 12.8 Å². The zero-order chi connectivity index (χ0) is 12.0. The molecule has 0 aliphatic heterocycles. The smallest absolute Gasteiger partial charge is 0.137 e. The molecule has 1 rings (SSSR count). The maximum absolute atomic E-state index is 11.9. The summed E-state index contributed by atoms with van der Waals surface area (Å²) in [5, 5.41) is 0. The molecule has 0 amide bonds. The van der Waals surface area contributed by atoms with Gasteiger partial charge in [-0.1, -0.05) is 12.8 Å². The summed E-state index contributed by atoms with van der Waals surface area (Å²) >= 11 is 1.88. The van der Waals surface area contributed by atoms with Crippen LogP contribution in [0.2, 0.25) is 0 Å². The number of carbonyl (C=O) groups is 1. The summed E-state index contributed by atoms with van der Waals surface area (Å²) in [6, 6.07) is 0.575. The molecule has 2 nitrogen and oxygen atoms in total. The number of Topliss-reactive ketones (excluding diaryl/α,β-unsaturated/α-hetero) is 1. The zero-order valence-electron chi connectivity index (χ0n) is 10.9. The van der Waals surface area contributed by atoms with E-state index in [1.807, 2.05) is 11.8 Å². The molecule has 16 heavy (non-hydrogen) atoms. The molecule has 0 aromatic carbocycles. The number of thioether (sulfide) groups is 1. The molecule has 0 heterocycles. The van der Waals surface area contributed by atoms with Crippen molar-refractivity contribution in [1.82, 2.24) is 4.90 Å². The van der Waals surface area contributed by atoms with E-state index in [2.05, 4.69) is 25.1 Å². The predicted octanol–water partition coefficient (Wildman–Crippen LogP) is 2.82. The van der Waals surface area contributed by atoms with Crippen molar-refractivity contribution in [1.29, 1.82) is 0 Å². The number of carbonyl (C=O) groups excluding carboxylic acids is 1. The van der Waals surface area contributed by atoms with Crippen LogP contribution in [0.4, 0.5) is 0 Å². The minimum atomic E-state index is 0.303. The Labute approximate surface area is 104 Å². The molecule has 1 aliphatic rings. The summed E-state index contributed by atoms with van der Waals surface area (Å²) in [4.78, 5) is 14.2. The lowest BCUT2D eigenvalue weighted by atomic mass is 9.98. The van der Waals surface area contributed by atoms with E-state index in [0.717, 1.165) is 31.6 Å². The topological polar surface area (TPSA) is 20.3 Å². The van der Waals surface area contributed by atoms with Crippen LogP contribution in [0.5, 0.6) is 0 Å². The molecule has 0 aromatic rings. The monoisotopic (exact) mass is 243 g/mol. The number of hydrogen-bond acceptors (Lipinski definition) is 3. The van der Waals surface area contributed by atoms with Gasteiger partial charge >= 0.3 is 0 Å². The first-order valence-electron chi connectivity index (χ1n) is 6.37. The molecule has 0 aromatic heterocycles. The Morgan fingerprint density at radius 2 is 2.19 bits per heavy atom. The van der Waals surface area contributed by atoms with Crippen molar-refractivity contribution in [2.24, 2.45) is 5.92 Å². The lowest BCUT2D eigenvalue weighted by molar-refractivity contribution is -0.123. The number of hydrogen-bond donors (Lipinski definition) is 0. The fourth-order valence-electron chi connectivity index (χ4n) is 2.32. The van der Waals surface area contributed by atoms with Crippen molar-refractivity contribution in [3.63, 3.8) is 0 Å². The van der Waals surface area contributed by atoms with Gasteiger partial charge in [0.1, 0.15) is 5.78 Å². The molecule has 0 saturated heterocycles. The summed E-state index contributed by atoms with van der Waals surface area (Å²) in [6.07, 6.45) is 7.65. The van der Waals surface area contributed by atoms with Gasteiger partial charge in [-0.3, -0.25) is 4.79 Å². The maximum atomic E-state index is 11.9. The molecule has 94 valence electrons. The average molecular weight is 243 g/mol. The first-order chi connectivity index (χ1) is 7.65. The maximum Gasteiger partial charge on any atom is 0.137 e. The highest BCUT2D eigenvalue weighted by molar-refractivity contribution is 7.98. The van der Waals surface area contributed by atoms with Gasteiger partial charge in [0.25, 0.3) is 0 Å². The second-order valence-corrected chi connectivity index (χ2v) is 5.92. The molecule has 0 N–H and O–H groups in total. The van der Waals surface area contributed by atoms with E-state index in [0.29, 0.717) is 17.7 Å². The van der Waals surface area contributed by atoms with Crippen LogP contribution in [0, 0.1) is 5.92 Å². The van der Waals surface area contributed by atoms with E-state index >= 15 is 0 Å². The van der Waals surface area contributed by atoms with Crippen molar-refractivity contribution in [3.8, 4) is 0 Å². The van der Waals surface area contributed by atoms with Gasteiger partial charge in [-0.15, -0.1) is 0 Å². The molecule has 0 radical (unpaired) electrons. The van der Waals surface area contributed by atoms with Crippen molar-refractivity contribution < 1.29 is 4.79 Å². The third kappa shape index (κ3) is 4.46. The number of rotatable bonds is 5. The quantitative estimate of drug-likeness (QED) is 0.693. The Morgan fingerprint density at radius 3 is 2.88 bits per heavy atom. The van der Waals surface area contributed by atoms with Crippen molar-refractivity contribution >= 4 is 17.5 Å². The van der Waals surface area contributed by atoms with E-state index in [-0.39, 0.29) is 0 Å². The van der Waals surface area contributed by atoms with Crippen LogP contribution in [-0.4, -0.2) is 42.3 Å². The summed E-state index contributed by atoms with van der Waals surface area (Å²) in [5.74, 6) is 1.95. The van der Waals surface area contributed by atoms with Gasteiger partial charge in [0.2, 0.25) is 0 Å². The first kappa shape index (κ1) is 14.0. The standard InChI is InChI=1S/C13H25NOS/c1-11(10-16-3)14(2)9-12-7-5-4-6-8-13(12)15/h11-12H,4-10H2,1-3H3. The molecule has 1 aliphatic carbocycles. The van der Waals surface area contributed by atoms with Gasteiger partial charge in [0.15, 0.2) is 0 Å². The van der Waals surface area contributed by atoms with Crippen LogP contribution in [0.15, 0.2) is 0 Å². The Morgan fingerprint density at radius 1 is 1.44 bits per heavy atom. The normalized spacial score (nSPS) is 24.5. The van der Waals surface area contributed by atoms with Gasteiger partial charge in [0.05, 0.1) is 0 Å². The molecular weight excluding hydrogens is 218 g/mol. The number of nitrogens with zero attached hydrogens (tertiary/aromatic N) is 1. The SMILES string of the molecule is CSCC(C)N(C)CC1CCCCCC1=O. The van der Waals surface area contributed by atoms with Crippen LogP contribution in [0.1, 0.15) is 39.0 Å². The highest BCUT2D eigenvalue weighted by atomic mass is 32.2. The van der Waals surface area contributed by atoms with Gasteiger partial charge in [-0.25, -0.2) is 0 Å². The molecule has 1 saturated carbocycles. The van der Waals surface area contributed by atoms with E-state index in [4.69, 9.17) is 0 Å². The van der Waals surface area contributed by atoms with Crippen LogP contribution < -0.4 is 0 Å². The fraction of sp³-hybridized carbons (Fsp3) is 0.923. The number of ketones is 1. The zero-order valence-corrected chi connectivity index (χ0v) is 11.7. The van der Waals surface area contributed by atoms with Gasteiger partial charge in [-0.05, 0) is 33.1 Å². The van der Waals surface area contributed by atoms with Crippen LogP contribution in [0.3, 0.4) is 0 Å². The largest absolute Gasteiger partial charge is 0.302 e. The minimum Gasteiger partial charge on any atom is -0.302 e. The third-order valence-corrected chi connectivity index (χ3v) is 4.42. The van der Waals surface area contributed by atoms with Gasteiger partial charge in [0, 0.05) is 30.7 Å². The molecule has 3 heteroatoms. The molecule has 0 spiro atoms. The minimum absolute atomic E-state index is 0.303. The van der Waals surface area contributed by atoms with Crippen LogP contribution >= 0.6 is 11.8 Å². The second kappa shape index (κ2) is 7.33. The highest BCUT2D eigenvalue weighted by Crippen LogP contribution is 2.21. The van der Waals surface area contributed by atoms with E-state index < -0.39 is 0 Å². The van der Waals surface area contributed by atoms with E-state index in [1.54, 1.807) is 0 Å². The molecule has 1 fully saturated rings. The summed E-state index contributed by atoms with van der Waals surface area (Å²) in [7, 11) is 2.15.